The second-order valence-electron chi connectivity index (χ2n) is 6.07. The summed E-state index contributed by atoms with van der Waals surface area (Å²) in [5.74, 6) is 0.120. The molecule has 2 aromatic carbocycles. The molecule has 0 spiro atoms. The lowest BCUT2D eigenvalue weighted by molar-refractivity contribution is -0.139. The van der Waals surface area contributed by atoms with Gasteiger partial charge >= 0.3 is 5.97 Å². The molecule has 0 fully saturated rings. The molecule has 1 amide bonds. The van der Waals surface area contributed by atoms with Crippen LogP contribution >= 0.6 is 0 Å². The van der Waals surface area contributed by atoms with E-state index < -0.39 is 12.6 Å². The first-order chi connectivity index (χ1) is 13.1. The lowest BCUT2D eigenvalue weighted by atomic mass is 10.0. The number of fused-ring (bicyclic) bond motifs is 1. The van der Waals surface area contributed by atoms with E-state index in [-0.39, 0.29) is 17.7 Å². The molecule has 0 bridgehead atoms. The van der Waals surface area contributed by atoms with Crippen molar-refractivity contribution < 1.29 is 28.9 Å². The number of ether oxygens (including phenoxy) is 3. The predicted molar refractivity (Wildman–Crippen MR) is 97.6 cm³/mol. The second-order valence-corrected chi connectivity index (χ2v) is 6.07. The number of nitrogens with one attached hydrogen (secondary N) is 1. The molecule has 1 aliphatic rings. The van der Waals surface area contributed by atoms with Gasteiger partial charge in [0.15, 0.2) is 18.1 Å². The first-order valence-corrected chi connectivity index (χ1v) is 8.70. The summed E-state index contributed by atoms with van der Waals surface area (Å²) in [6.45, 7) is 2.08. The lowest BCUT2D eigenvalue weighted by Crippen LogP contribution is -2.42. The molecular formula is C20H21NO6. The fourth-order valence-corrected chi connectivity index (χ4v) is 2.87. The Kier molecular flexibility index (Phi) is 5.80. The maximum Gasteiger partial charge on any atom is 0.341 e. The van der Waals surface area contributed by atoms with Crippen LogP contribution in [0.15, 0.2) is 42.5 Å². The maximum atomic E-state index is 12.6. The molecule has 7 nitrogen and oxygen atoms in total. The van der Waals surface area contributed by atoms with Crippen molar-refractivity contribution in [1.82, 2.24) is 5.32 Å². The normalized spacial score (nSPS) is 15.2. The summed E-state index contributed by atoms with van der Waals surface area (Å²) in [5.41, 5.74) is 1.46. The summed E-state index contributed by atoms with van der Waals surface area (Å²) < 4.78 is 16.4. The van der Waals surface area contributed by atoms with Crippen molar-refractivity contribution in [2.45, 2.75) is 19.4 Å². The van der Waals surface area contributed by atoms with Crippen LogP contribution < -0.4 is 19.5 Å². The van der Waals surface area contributed by atoms with E-state index in [1.807, 2.05) is 24.3 Å². The van der Waals surface area contributed by atoms with Gasteiger partial charge in [0.1, 0.15) is 12.4 Å². The third-order valence-corrected chi connectivity index (χ3v) is 4.07. The first-order valence-electron chi connectivity index (χ1n) is 8.70. The number of aliphatic carboxylic acids is 1. The topological polar surface area (TPSA) is 94.1 Å². The zero-order valence-electron chi connectivity index (χ0n) is 14.9. The van der Waals surface area contributed by atoms with Crippen molar-refractivity contribution in [3.05, 3.63) is 53.6 Å². The van der Waals surface area contributed by atoms with Gasteiger partial charge in [0.2, 0.25) is 0 Å². The highest BCUT2D eigenvalue weighted by molar-refractivity contribution is 5.95. The van der Waals surface area contributed by atoms with Gasteiger partial charge in [-0.25, -0.2) is 4.79 Å². The Morgan fingerprint density at radius 1 is 1.19 bits per heavy atom. The molecule has 0 radical (unpaired) electrons. The molecule has 1 unspecified atom stereocenters. The average molecular weight is 371 g/mol. The Balaban J connectivity index is 1.69. The number of carbonyl (C=O) groups is 2. The van der Waals surface area contributed by atoms with E-state index in [4.69, 9.17) is 19.3 Å². The van der Waals surface area contributed by atoms with Gasteiger partial charge in [-0.15, -0.1) is 0 Å². The maximum absolute atomic E-state index is 12.6. The number of carboxylic acids is 1. The molecular weight excluding hydrogens is 350 g/mol. The van der Waals surface area contributed by atoms with Crippen LogP contribution in [0.25, 0.3) is 0 Å². The van der Waals surface area contributed by atoms with Crippen LogP contribution in [0.5, 0.6) is 17.2 Å². The van der Waals surface area contributed by atoms with Gasteiger partial charge in [-0.3, -0.25) is 4.79 Å². The molecule has 2 N–H and O–H groups in total. The average Bonchev–Trinajstić information content (AvgIpc) is 2.67. The molecule has 0 saturated carbocycles. The highest BCUT2D eigenvalue weighted by Gasteiger charge is 2.22. The molecule has 0 saturated heterocycles. The van der Waals surface area contributed by atoms with E-state index in [1.165, 1.54) is 6.07 Å². The van der Waals surface area contributed by atoms with Crippen molar-refractivity contribution in [3.63, 3.8) is 0 Å². The standard InChI is InChI=1S/C20H21NO6/c1-2-25-18-10-14(7-8-17(18)27-12-19(22)23)20(24)21-15-9-13-5-3-4-6-16(13)26-11-15/h3-8,10,15H,2,9,11-12H2,1H3,(H,21,24)(H,22,23). The Morgan fingerprint density at radius 3 is 2.78 bits per heavy atom. The minimum Gasteiger partial charge on any atom is -0.491 e. The van der Waals surface area contributed by atoms with E-state index in [9.17, 15) is 9.59 Å². The number of carbonyl (C=O) groups excluding carboxylic acids is 1. The van der Waals surface area contributed by atoms with E-state index in [2.05, 4.69) is 5.32 Å². The van der Waals surface area contributed by atoms with Gasteiger partial charge in [0.05, 0.1) is 12.6 Å². The molecule has 0 aromatic heterocycles. The van der Waals surface area contributed by atoms with Crippen LogP contribution in [0.2, 0.25) is 0 Å². The van der Waals surface area contributed by atoms with E-state index in [1.54, 1.807) is 19.1 Å². The highest BCUT2D eigenvalue weighted by Crippen LogP contribution is 2.29. The number of carboxylic acid groups (broad SMARTS) is 1. The van der Waals surface area contributed by atoms with Gasteiger partial charge in [0, 0.05) is 5.56 Å². The number of benzene rings is 2. The molecule has 2 aromatic rings. The monoisotopic (exact) mass is 371 g/mol. The summed E-state index contributed by atoms with van der Waals surface area (Å²) in [6, 6.07) is 12.3. The van der Waals surface area contributed by atoms with Crippen LogP contribution in [0, 0.1) is 0 Å². The number of hydrogen-bond donors (Lipinski definition) is 2. The third-order valence-electron chi connectivity index (χ3n) is 4.07. The van der Waals surface area contributed by atoms with Gasteiger partial charge in [0.25, 0.3) is 5.91 Å². The first kappa shape index (κ1) is 18.6. The molecule has 1 heterocycles. The largest absolute Gasteiger partial charge is 0.491 e. The number of hydrogen-bond acceptors (Lipinski definition) is 5. The Labute approximate surface area is 156 Å². The predicted octanol–water partition coefficient (Wildman–Crippen LogP) is 2.28. The lowest BCUT2D eigenvalue weighted by Gasteiger charge is -2.26. The summed E-state index contributed by atoms with van der Waals surface area (Å²) in [4.78, 5) is 23.3. The van der Waals surface area contributed by atoms with E-state index in [0.29, 0.717) is 30.9 Å². The van der Waals surface area contributed by atoms with Crippen LogP contribution in [-0.2, 0) is 11.2 Å². The highest BCUT2D eigenvalue weighted by atomic mass is 16.5. The summed E-state index contributed by atoms with van der Waals surface area (Å²) in [7, 11) is 0. The quantitative estimate of drug-likeness (QED) is 0.776. The fourth-order valence-electron chi connectivity index (χ4n) is 2.87. The summed E-state index contributed by atoms with van der Waals surface area (Å²) in [6.07, 6.45) is 0.694. The Hall–Kier alpha value is -3.22. The zero-order valence-corrected chi connectivity index (χ0v) is 14.9. The smallest absolute Gasteiger partial charge is 0.341 e. The van der Waals surface area contributed by atoms with Crippen LogP contribution in [-0.4, -0.2) is 42.8 Å². The van der Waals surface area contributed by atoms with Crippen molar-refractivity contribution in [1.29, 1.82) is 0 Å². The zero-order chi connectivity index (χ0) is 19.2. The summed E-state index contributed by atoms with van der Waals surface area (Å²) in [5, 5.41) is 11.7. The van der Waals surface area contributed by atoms with Crippen molar-refractivity contribution in [3.8, 4) is 17.2 Å². The fraction of sp³-hybridized carbons (Fsp3) is 0.300. The molecule has 142 valence electrons. The molecule has 7 heteroatoms. The Morgan fingerprint density at radius 2 is 2.00 bits per heavy atom. The molecule has 27 heavy (non-hydrogen) atoms. The summed E-state index contributed by atoms with van der Waals surface area (Å²) >= 11 is 0. The minimum atomic E-state index is -1.09. The van der Waals surface area contributed by atoms with Gasteiger partial charge < -0.3 is 24.6 Å². The van der Waals surface area contributed by atoms with Crippen molar-refractivity contribution in [2.24, 2.45) is 0 Å². The number of para-hydroxylation sites is 1. The van der Waals surface area contributed by atoms with Crippen molar-refractivity contribution in [2.75, 3.05) is 19.8 Å². The molecule has 1 aliphatic heterocycles. The second kappa shape index (κ2) is 8.44. The number of amides is 1. The van der Waals surface area contributed by atoms with Crippen molar-refractivity contribution >= 4 is 11.9 Å². The van der Waals surface area contributed by atoms with Gasteiger partial charge in [-0.05, 0) is 43.2 Å². The molecule has 3 rings (SSSR count). The van der Waals surface area contributed by atoms with E-state index >= 15 is 0 Å². The SMILES string of the molecule is CCOc1cc(C(=O)NC2COc3ccccc3C2)ccc1OCC(=O)O. The molecule has 1 atom stereocenters. The number of rotatable bonds is 7. The third kappa shape index (κ3) is 4.69. The Bertz CT molecular complexity index is 835. The van der Waals surface area contributed by atoms with Gasteiger partial charge in [-0.2, -0.15) is 0 Å². The molecule has 0 aliphatic carbocycles. The minimum absolute atomic E-state index is 0.133. The van der Waals surface area contributed by atoms with Crippen LogP contribution in [0.4, 0.5) is 0 Å². The van der Waals surface area contributed by atoms with E-state index in [0.717, 1.165) is 11.3 Å². The van der Waals surface area contributed by atoms with Crippen LogP contribution in [0.3, 0.4) is 0 Å². The van der Waals surface area contributed by atoms with Crippen LogP contribution in [0.1, 0.15) is 22.8 Å². The van der Waals surface area contributed by atoms with Gasteiger partial charge in [-0.1, -0.05) is 18.2 Å².